The number of nitrogens with two attached hydrogens (primary N) is 1. The molecule has 2 saturated heterocycles. The standard InChI is InChI=1S/C19H31N5O/c20-15-10-14(11-15)18-22-21-17(24(18)16-2-3-16)12-23-7-1-4-19(13-23)5-8-25-9-6-19/h14-16H,1-13,20H2. The maximum absolute atomic E-state index is 6.01. The molecule has 3 heterocycles. The van der Waals surface area contributed by atoms with Gasteiger partial charge in [0.1, 0.15) is 11.6 Å². The van der Waals surface area contributed by atoms with Crippen LogP contribution in [0.25, 0.3) is 0 Å². The molecule has 5 rings (SSSR count). The van der Waals surface area contributed by atoms with Crippen molar-refractivity contribution in [1.29, 1.82) is 0 Å². The van der Waals surface area contributed by atoms with Gasteiger partial charge in [-0.05, 0) is 63.3 Å². The van der Waals surface area contributed by atoms with E-state index in [4.69, 9.17) is 10.5 Å². The monoisotopic (exact) mass is 345 g/mol. The zero-order chi connectivity index (χ0) is 16.9. The van der Waals surface area contributed by atoms with Crippen molar-refractivity contribution < 1.29 is 4.74 Å². The second-order valence-electron chi connectivity index (χ2n) is 8.93. The van der Waals surface area contributed by atoms with Crippen LogP contribution in [0.1, 0.15) is 75.0 Å². The fraction of sp³-hybridized carbons (Fsp3) is 0.895. The largest absolute Gasteiger partial charge is 0.381 e. The Morgan fingerprint density at radius 2 is 1.92 bits per heavy atom. The quantitative estimate of drug-likeness (QED) is 0.906. The molecule has 138 valence electrons. The molecular weight excluding hydrogens is 314 g/mol. The van der Waals surface area contributed by atoms with Crippen molar-refractivity contribution >= 4 is 0 Å². The fourth-order valence-corrected chi connectivity index (χ4v) is 5.18. The lowest BCUT2D eigenvalue weighted by Crippen LogP contribution is -2.46. The Bertz CT molecular complexity index is 608. The first-order valence-corrected chi connectivity index (χ1v) is 10.2. The molecular formula is C19H31N5O. The molecule has 4 fully saturated rings. The third-order valence-corrected chi connectivity index (χ3v) is 6.90. The van der Waals surface area contributed by atoms with Crippen molar-refractivity contribution in [1.82, 2.24) is 19.7 Å². The molecule has 1 aromatic heterocycles. The zero-order valence-corrected chi connectivity index (χ0v) is 15.2. The number of ether oxygens (including phenoxy) is 1. The van der Waals surface area contributed by atoms with Gasteiger partial charge in [-0.25, -0.2) is 0 Å². The highest BCUT2D eigenvalue weighted by molar-refractivity contribution is 5.12. The van der Waals surface area contributed by atoms with E-state index in [0.29, 0.717) is 23.4 Å². The summed E-state index contributed by atoms with van der Waals surface area (Å²) in [7, 11) is 0. The van der Waals surface area contributed by atoms with Crippen molar-refractivity contribution in [3.05, 3.63) is 11.6 Å². The van der Waals surface area contributed by atoms with E-state index in [1.165, 1.54) is 63.3 Å². The molecule has 6 nitrogen and oxygen atoms in total. The maximum atomic E-state index is 6.01. The second kappa shape index (κ2) is 6.32. The molecule has 0 aromatic carbocycles. The van der Waals surface area contributed by atoms with Gasteiger partial charge in [0, 0.05) is 37.8 Å². The summed E-state index contributed by atoms with van der Waals surface area (Å²) in [6.45, 7) is 5.25. The lowest BCUT2D eigenvalue weighted by atomic mass is 9.74. The first-order valence-electron chi connectivity index (χ1n) is 10.2. The Kier molecular flexibility index (Phi) is 4.10. The molecule has 0 bridgehead atoms. The van der Waals surface area contributed by atoms with Gasteiger partial charge in [0.2, 0.25) is 0 Å². The van der Waals surface area contributed by atoms with Crippen molar-refractivity contribution in [2.45, 2.75) is 75.9 Å². The van der Waals surface area contributed by atoms with Crippen LogP contribution in [0.5, 0.6) is 0 Å². The fourth-order valence-electron chi connectivity index (χ4n) is 5.18. The van der Waals surface area contributed by atoms with Crippen LogP contribution in [0, 0.1) is 5.41 Å². The summed E-state index contributed by atoms with van der Waals surface area (Å²) in [5, 5.41) is 9.25. The lowest BCUT2D eigenvalue weighted by Gasteiger charge is -2.45. The van der Waals surface area contributed by atoms with E-state index < -0.39 is 0 Å². The minimum absolute atomic E-state index is 0.369. The summed E-state index contributed by atoms with van der Waals surface area (Å²) in [6.07, 6.45) is 9.87. The van der Waals surface area contributed by atoms with E-state index in [-0.39, 0.29) is 0 Å². The maximum Gasteiger partial charge on any atom is 0.147 e. The highest BCUT2D eigenvalue weighted by Crippen LogP contribution is 2.43. The molecule has 2 saturated carbocycles. The van der Waals surface area contributed by atoms with E-state index in [2.05, 4.69) is 19.7 Å². The van der Waals surface area contributed by atoms with Crippen LogP contribution in [0.2, 0.25) is 0 Å². The van der Waals surface area contributed by atoms with Crippen molar-refractivity contribution in [2.24, 2.45) is 11.1 Å². The first kappa shape index (κ1) is 16.2. The smallest absolute Gasteiger partial charge is 0.147 e. The molecule has 0 amide bonds. The van der Waals surface area contributed by atoms with Gasteiger partial charge < -0.3 is 15.0 Å². The molecule has 1 spiro atoms. The SMILES string of the molecule is NC1CC(c2nnc(CN3CCCC4(CCOCC4)C3)n2C2CC2)C1. The highest BCUT2D eigenvalue weighted by atomic mass is 16.5. The van der Waals surface area contributed by atoms with Gasteiger partial charge in [0.05, 0.1) is 6.54 Å². The summed E-state index contributed by atoms with van der Waals surface area (Å²) in [5.41, 5.74) is 6.50. The summed E-state index contributed by atoms with van der Waals surface area (Å²) < 4.78 is 8.10. The number of nitrogens with zero attached hydrogens (tertiary/aromatic N) is 4. The van der Waals surface area contributed by atoms with Crippen LogP contribution >= 0.6 is 0 Å². The summed E-state index contributed by atoms with van der Waals surface area (Å²) in [4.78, 5) is 2.63. The van der Waals surface area contributed by atoms with Crippen LogP contribution in [-0.4, -0.2) is 52.0 Å². The van der Waals surface area contributed by atoms with E-state index in [1.807, 2.05) is 0 Å². The molecule has 6 heteroatoms. The molecule has 2 N–H and O–H groups in total. The van der Waals surface area contributed by atoms with Gasteiger partial charge in [-0.15, -0.1) is 10.2 Å². The van der Waals surface area contributed by atoms with Gasteiger partial charge in [0.15, 0.2) is 0 Å². The summed E-state index contributed by atoms with van der Waals surface area (Å²) in [6, 6.07) is 1.02. The molecule has 0 atom stereocenters. The zero-order valence-electron chi connectivity index (χ0n) is 15.2. The summed E-state index contributed by atoms with van der Waals surface area (Å²) in [5.74, 6) is 2.96. The Morgan fingerprint density at radius 3 is 2.64 bits per heavy atom. The molecule has 4 aliphatic rings. The minimum atomic E-state index is 0.369. The average Bonchev–Trinajstić information content (AvgIpc) is 3.34. The van der Waals surface area contributed by atoms with Crippen molar-refractivity contribution in [2.75, 3.05) is 26.3 Å². The number of piperidine rings is 1. The van der Waals surface area contributed by atoms with Gasteiger partial charge in [-0.3, -0.25) is 4.90 Å². The van der Waals surface area contributed by atoms with E-state index >= 15 is 0 Å². The van der Waals surface area contributed by atoms with Gasteiger partial charge in [-0.2, -0.15) is 0 Å². The number of aromatic nitrogens is 3. The highest BCUT2D eigenvalue weighted by Gasteiger charge is 2.39. The molecule has 0 radical (unpaired) electrons. The van der Waals surface area contributed by atoms with Gasteiger partial charge in [0.25, 0.3) is 0 Å². The Hall–Kier alpha value is -0.980. The number of likely N-dealkylation sites (tertiary alicyclic amines) is 1. The van der Waals surface area contributed by atoms with Crippen LogP contribution < -0.4 is 5.73 Å². The predicted octanol–water partition coefficient (Wildman–Crippen LogP) is 2.21. The third-order valence-electron chi connectivity index (χ3n) is 6.90. The Morgan fingerprint density at radius 1 is 1.12 bits per heavy atom. The average molecular weight is 345 g/mol. The predicted molar refractivity (Wildman–Crippen MR) is 95.2 cm³/mol. The van der Waals surface area contributed by atoms with Gasteiger partial charge in [-0.1, -0.05) is 0 Å². The molecule has 1 aromatic rings. The number of hydrogen-bond donors (Lipinski definition) is 1. The number of rotatable bonds is 4. The van der Waals surface area contributed by atoms with Gasteiger partial charge >= 0.3 is 0 Å². The van der Waals surface area contributed by atoms with E-state index in [1.54, 1.807) is 0 Å². The van der Waals surface area contributed by atoms with Crippen LogP contribution in [-0.2, 0) is 11.3 Å². The van der Waals surface area contributed by atoms with Crippen molar-refractivity contribution in [3.8, 4) is 0 Å². The molecule has 2 aliphatic carbocycles. The topological polar surface area (TPSA) is 69.2 Å². The molecule has 2 aliphatic heterocycles. The van der Waals surface area contributed by atoms with E-state index in [9.17, 15) is 0 Å². The molecule has 0 unspecified atom stereocenters. The minimum Gasteiger partial charge on any atom is -0.381 e. The van der Waals surface area contributed by atoms with Crippen LogP contribution in [0.15, 0.2) is 0 Å². The molecule has 25 heavy (non-hydrogen) atoms. The van der Waals surface area contributed by atoms with E-state index in [0.717, 1.165) is 32.6 Å². The third kappa shape index (κ3) is 3.13. The summed E-state index contributed by atoms with van der Waals surface area (Å²) >= 11 is 0. The normalized spacial score (nSPS) is 32.7. The number of hydrogen-bond acceptors (Lipinski definition) is 5. The lowest BCUT2D eigenvalue weighted by molar-refractivity contribution is -0.0298. The van der Waals surface area contributed by atoms with Crippen LogP contribution in [0.3, 0.4) is 0 Å². The Labute approximate surface area is 150 Å². The second-order valence-corrected chi connectivity index (χ2v) is 8.93. The van der Waals surface area contributed by atoms with Crippen LogP contribution in [0.4, 0.5) is 0 Å². The van der Waals surface area contributed by atoms with Crippen molar-refractivity contribution in [3.63, 3.8) is 0 Å². The Balaban J connectivity index is 1.32. The first-order chi connectivity index (χ1) is 12.2.